The van der Waals surface area contributed by atoms with Crippen molar-refractivity contribution in [2.45, 2.75) is 25.3 Å². The summed E-state index contributed by atoms with van der Waals surface area (Å²) in [5.74, 6) is 1.55. The van der Waals surface area contributed by atoms with Crippen molar-refractivity contribution in [3.63, 3.8) is 0 Å². The van der Waals surface area contributed by atoms with Crippen LogP contribution in [-0.4, -0.2) is 39.6 Å². The van der Waals surface area contributed by atoms with Gasteiger partial charge < -0.3 is 10.1 Å². The fourth-order valence-corrected chi connectivity index (χ4v) is 3.91. The molecule has 0 aromatic heterocycles. The zero-order chi connectivity index (χ0) is 13.7. The van der Waals surface area contributed by atoms with Crippen molar-refractivity contribution >= 4 is 9.84 Å². The molecule has 0 atom stereocenters. The number of hydrogen-bond acceptors (Lipinski definition) is 4. The number of para-hydroxylation sites is 1. The molecule has 0 radical (unpaired) electrons. The van der Waals surface area contributed by atoms with Gasteiger partial charge >= 0.3 is 0 Å². The van der Waals surface area contributed by atoms with Crippen molar-refractivity contribution in [3.05, 3.63) is 29.8 Å². The van der Waals surface area contributed by atoms with E-state index in [1.165, 1.54) is 5.56 Å². The molecule has 1 saturated heterocycles. The lowest BCUT2D eigenvalue weighted by Crippen LogP contribution is -2.38. The minimum absolute atomic E-state index is 0.319. The van der Waals surface area contributed by atoms with E-state index in [4.69, 9.17) is 4.74 Å². The lowest BCUT2D eigenvalue weighted by Gasteiger charge is -2.23. The Labute approximate surface area is 115 Å². The van der Waals surface area contributed by atoms with Gasteiger partial charge in [0.05, 0.1) is 18.6 Å². The van der Waals surface area contributed by atoms with Gasteiger partial charge in [0.15, 0.2) is 0 Å². The third-order valence-corrected chi connectivity index (χ3v) is 5.29. The number of rotatable bonds is 5. The molecule has 0 aliphatic carbocycles. The van der Waals surface area contributed by atoms with Gasteiger partial charge in [-0.15, -0.1) is 0 Å². The van der Waals surface area contributed by atoms with Crippen molar-refractivity contribution in [1.29, 1.82) is 0 Å². The van der Waals surface area contributed by atoms with E-state index in [-0.39, 0.29) is 0 Å². The molecule has 0 spiro atoms. The number of methoxy groups -OCH3 is 1. The molecule has 0 unspecified atom stereocenters. The molecule has 106 valence electrons. The van der Waals surface area contributed by atoms with E-state index in [0.29, 0.717) is 17.5 Å². The second-order valence-electron chi connectivity index (χ2n) is 4.94. The van der Waals surface area contributed by atoms with Crippen molar-refractivity contribution in [3.8, 4) is 5.75 Å². The molecule has 0 saturated carbocycles. The summed E-state index contributed by atoms with van der Waals surface area (Å²) >= 11 is 0. The third kappa shape index (κ3) is 4.21. The first-order chi connectivity index (χ1) is 9.11. The smallest absolute Gasteiger partial charge is 0.150 e. The van der Waals surface area contributed by atoms with Crippen LogP contribution in [0.1, 0.15) is 18.4 Å². The number of sulfone groups is 1. The molecule has 0 amide bonds. The largest absolute Gasteiger partial charge is 0.496 e. The van der Waals surface area contributed by atoms with E-state index in [0.717, 1.165) is 31.6 Å². The highest BCUT2D eigenvalue weighted by molar-refractivity contribution is 7.91. The highest BCUT2D eigenvalue weighted by Crippen LogP contribution is 2.18. The molecule has 1 aliphatic rings. The van der Waals surface area contributed by atoms with Crippen LogP contribution < -0.4 is 10.1 Å². The average Bonchev–Trinajstić information content (AvgIpc) is 2.41. The Morgan fingerprint density at radius 1 is 1.26 bits per heavy atom. The first kappa shape index (κ1) is 14.3. The number of ether oxygens (including phenoxy) is 1. The van der Waals surface area contributed by atoms with Crippen LogP contribution in [-0.2, 0) is 16.3 Å². The van der Waals surface area contributed by atoms with Crippen LogP contribution in [0.15, 0.2) is 24.3 Å². The average molecular weight is 283 g/mol. The standard InChI is InChI=1S/C14H21NO3S/c1-18-14-5-3-2-4-12(14)6-9-15-13-7-10-19(16,17)11-8-13/h2-5,13,15H,6-11H2,1H3. The van der Waals surface area contributed by atoms with Crippen LogP contribution in [0.25, 0.3) is 0 Å². The van der Waals surface area contributed by atoms with Gasteiger partial charge in [-0.2, -0.15) is 0 Å². The highest BCUT2D eigenvalue weighted by Gasteiger charge is 2.22. The van der Waals surface area contributed by atoms with Crippen LogP contribution in [0.5, 0.6) is 5.75 Å². The monoisotopic (exact) mass is 283 g/mol. The summed E-state index contributed by atoms with van der Waals surface area (Å²) in [6.07, 6.45) is 2.36. The van der Waals surface area contributed by atoms with Crippen LogP contribution in [0.2, 0.25) is 0 Å². The Morgan fingerprint density at radius 3 is 2.63 bits per heavy atom. The molecule has 4 nitrogen and oxygen atoms in total. The summed E-state index contributed by atoms with van der Waals surface area (Å²) < 4.78 is 28.0. The van der Waals surface area contributed by atoms with Crippen molar-refractivity contribution < 1.29 is 13.2 Å². The molecule has 1 N–H and O–H groups in total. The number of benzene rings is 1. The normalized spacial score (nSPS) is 19.2. The summed E-state index contributed by atoms with van der Waals surface area (Å²) in [6, 6.07) is 8.32. The van der Waals surface area contributed by atoms with Gasteiger partial charge in [0.1, 0.15) is 15.6 Å². The van der Waals surface area contributed by atoms with E-state index < -0.39 is 9.84 Å². The molecule has 0 bridgehead atoms. The van der Waals surface area contributed by atoms with E-state index in [9.17, 15) is 8.42 Å². The van der Waals surface area contributed by atoms with Crippen molar-refractivity contribution in [2.75, 3.05) is 25.2 Å². The third-order valence-electron chi connectivity index (χ3n) is 3.57. The Balaban J connectivity index is 1.78. The van der Waals surface area contributed by atoms with Crippen molar-refractivity contribution in [1.82, 2.24) is 5.32 Å². The van der Waals surface area contributed by atoms with Gasteiger partial charge in [-0.1, -0.05) is 18.2 Å². The Morgan fingerprint density at radius 2 is 1.95 bits per heavy atom. The number of hydrogen-bond donors (Lipinski definition) is 1. The van der Waals surface area contributed by atoms with Gasteiger partial charge in [0.2, 0.25) is 0 Å². The second kappa shape index (κ2) is 6.39. The zero-order valence-corrected chi connectivity index (χ0v) is 12.1. The predicted octanol–water partition coefficient (Wildman–Crippen LogP) is 1.40. The minimum Gasteiger partial charge on any atom is -0.496 e. The van der Waals surface area contributed by atoms with E-state index >= 15 is 0 Å². The molecule has 1 aliphatic heterocycles. The van der Waals surface area contributed by atoms with E-state index in [1.807, 2.05) is 18.2 Å². The maximum Gasteiger partial charge on any atom is 0.150 e. The molecule has 19 heavy (non-hydrogen) atoms. The van der Waals surface area contributed by atoms with Gasteiger partial charge in [0.25, 0.3) is 0 Å². The van der Waals surface area contributed by atoms with E-state index in [2.05, 4.69) is 11.4 Å². The summed E-state index contributed by atoms with van der Waals surface area (Å²) in [4.78, 5) is 0. The Hall–Kier alpha value is -1.07. The molecular weight excluding hydrogens is 262 g/mol. The fourth-order valence-electron chi connectivity index (χ4n) is 2.41. The van der Waals surface area contributed by atoms with Crippen LogP contribution in [0.4, 0.5) is 0 Å². The minimum atomic E-state index is -2.76. The first-order valence-corrected chi connectivity index (χ1v) is 8.48. The number of nitrogens with one attached hydrogen (secondary N) is 1. The van der Waals surface area contributed by atoms with Crippen LogP contribution in [0.3, 0.4) is 0 Å². The quantitative estimate of drug-likeness (QED) is 0.887. The maximum atomic E-state index is 11.3. The Bertz CT molecular complexity index is 499. The molecule has 2 rings (SSSR count). The Kier molecular flexibility index (Phi) is 4.82. The van der Waals surface area contributed by atoms with Gasteiger partial charge in [-0.3, -0.25) is 0 Å². The summed E-state index contributed by atoms with van der Waals surface area (Å²) in [5.41, 5.74) is 1.18. The lowest BCUT2D eigenvalue weighted by molar-refractivity contribution is 0.407. The highest BCUT2D eigenvalue weighted by atomic mass is 32.2. The fraction of sp³-hybridized carbons (Fsp3) is 0.571. The van der Waals surface area contributed by atoms with Gasteiger partial charge in [-0.05, 0) is 37.4 Å². The second-order valence-corrected chi connectivity index (χ2v) is 7.25. The van der Waals surface area contributed by atoms with Crippen LogP contribution >= 0.6 is 0 Å². The summed E-state index contributed by atoms with van der Waals surface area (Å²) in [6.45, 7) is 0.852. The first-order valence-electron chi connectivity index (χ1n) is 6.66. The molecule has 1 heterocycles. The lowest BCUT2D eigenvalue weighted by atomic mass is 10.1. The molecule has 5 heteroatoms. The zero-order valence-electron chi connectivity index (χ0n) is 11.3. The predicted molar refractivity (Wildman–Crippen MR) is 76.4 cm³/mol. The summed E-state index contributed by atoms with van der Waals surface area (Å²) in [7, 11) is -1.08. The van der Waals surface area contributed by atoms with Crippen molar-refractivity contribution in [2.24, 2.45) is 0 Å². The SMILES string of the molecule is COc1ccccc1CCNC1CCS(=O)(=O)CC1. The maximum absolute atomic E-state index is 11.3. The van der Waals surface area contributed by atoms with E-state index in [1.54, 1.807) is 7.11 Å². The van der Waals surface area contributed by atoms with Gasteiger partial charge in [-0.25, -0.2) is 8.42 Å². The van der Waals surface area contributed by atoms with Gasteiger partial charge in [0, 0.05) is 6.04 Å². The topological polar surface area (TPSA) is 55.4 Å². The molecule has 1 aromatic carbocycles. The van der Waals surface area contributed by atoms with Crippen LogP contribution in [0, 0.1) is 0 Å². The molecular formula is C14H21NO3S. The summed E-state index contributed by atoms with van der Waals surface area (Å²) in [5, 5.41) is 3.44. The molecule has 1 aromatic rings. The molecule has 1 fully saturated rings.